The summed E-state index contributed by atoms with van der Waals surface area (Å²) in [6.07, 6.45) is 0. The van der Waals surface area contributed by atoms with E-state index >= 15 is 0 Å². The van der Waals surface area contributed by atoms with E-state index in [0.29, 0.717) is 5.11 Å². The van der Waals surface area contributed by atoms with Gasteiger partial charge in [-0.15, -0.1) is 0 Å². The lowest BCUT2D eigenvalue weighted by Gasteiger charge is -2.29. The number of ether oxygens (including phenoxy) is 1. The first kappa shape index (κ1) is 18.8. The zero-order valence-electron chi connectivity index (χ0n) is 15.5. The molecular formula is C21H28N3OS+. The highest BCUT2D eigenvalue weighted by molar-refractivity contribution is 7.80. The molecule has 1 saturated heterocycles. The molecule has 0 unspecified atom stereocenters. The molecule has 1 aliphatic heterocycles. The lowest BCUT2D eigenvalue weighted by Crippen LogP contribution is -3.14. The number of thiocarbonyl (C=S) groups is 1. The van der Waals surface area contributed by atoms with Crippen molar-refractivity contribution in [1.82, 2.24) is 5.32 Å². The lowest BCUT2D eigenvalue weighted by molar-refractivity contribution is -0.909. The van der Waals surface area contributed by atoms with Gasteiger partial charge in [-0.1, -0.05) is 42.5 Å². The summed E-state index contributed by atoms with van der Waals surface area (Å²) in [6, 6.07) is 17.0. The molecule has 0 saturated carbocycles. The number of morpholine rings is 1. The monoisotopic (exact) mass is 370 g/mol. The van der Waals surface area contributed by atoms with E-state index in [2.05, 4.69) is 73.0 Å². The molecule has 0 bridgehead atoms. The van der Waals surface area contributed by atoms with Crippen LogP contribution >= 0.6 is 12.2 Å². The van der Waals surface area contributed by atoms with Gasteiger partial charge in [0, 0.05) is 5.69 Å². The van der Waals surface area contributed by atoms with Crippen LogP contribution in [0.5, 0.6) is 0 Å². The zero-order valence-corrected chi connectivity index (χ0v) is 16.4. The van der Waals surface area contributed by atoms with Crippen LogP contribution < -0.4 is 15.5 Å². The molecule has 3 rings (SSSR count). The normalized spacial score (nSPS) is 16.1. The minimum absolute atomic E-state index is 0.175. The van der Waals surface area contributed by atoms with Gasteiger partial charge in [-0.3, -0.25) is 0 Å². The molecular weight excluding hydrogens is 342 g/mol. The van der Waals surface area contributed by atoms with Crippen molar-refractivity contribution >= 4 is 23.0 Å². The van der Waals surface area contributed by atoms with Gasteiger partial charge in [-0.05, 0) is 48.8 Å². The van der Waals surface area contributed by atoms with Gasteiger partial charge in [-0.2, -0.15) is 0 Å². The number of aryl methyl sites for hydroxylation is 1. The van der Waals surface area contributed by atoms with E-state index in [4.69, 9.17) is 17.0 Å². The Morgan fingerprint density at radius 2 is 1.81 bits per heavy atom. The average Bonchev–Trinajstić information content (AvgIpc) is 2.66. The fourth-order valence-corrected chi connectivity index (χ4v) is 3.55. The van der Waals surface area contributed by atoms with Crippen molar-refractivity contribution in [2.45, 2.75) is 19.9 Å². The standard InChI is InChI=1S/C21H27N3OS/c1-16-7-6-10-19(17(16)2)22-21(26)23-20(18-8-4-3-5-9-18)15-24-11-13-25-14-12-24/h3-10,20H,11-15H2,1-2H3,(H2,22,23,26)/p+1/t20-/m1/s1. The van der Waals surface area contributed by atoms with Crippen LogP contribution in [0, 0.1) is 13.8 Å². The van der Waals surface area contributed by atoms with Gasteiger partial charge >= 0.3 is 0 Å². The highest BCUT2D eigenvalue weighted by atomic mass is 32.1. The molecule has 26 heavy (non-hydrogen) atoms. The predicted molar refractivity (Wildman–Crippen MR) is 111 cm³/mol. The van der Waals surface area contributed by atoms with Gasteiger partial charge < -0.3 is 20.3 Å². The van der Waals surface area contributed by atoms with Crippen LogP contribution in [0.2, 0.25) is 0 Å². The topological polar surface area (TPSA) is 37.7 Å². The number of nitrogens with one attached hydrogen (secondary N) is 3. The number of quaternary nitrogens is 1. The number of rotatable bonds is 5. The third kappa shape index (κ3) is 5.04. The molecule has 0 radical (unpaired) electrons. The summed E-state index contributed by atoms with van der Waals surface area (Å²) >= 11 is 5.63. The highest BCUT2D eigenvalue weighted by Crippen LogP contribution is 2.18. The molecule has 4 nitrogen and oxygen atoms in total. The summed E-state index contributed by atoms with van der Waals surface area (Å²) in [6.45, 7) is 8.98. The first-order valence-electron chi connectivity index (χ1n) is 9.23. The van der Waals surface area contributed by atoms with Crippen LogP contribution in [0.25, 0.3) is 0 Å². The van der Waals surface area contributed by atoms with Crippen molar-refractivity contribution in [3.63, 3.8) is 0 Å². The van der Waals surface area contributed by atoms with Crippen LogP contribution in [0.4, 0.5) is 5.69 Å². The second-order valence-electron chi connectivity index (χ2n) is 6.88. The third-order valence-electron chi connectivity index (χ3n) is 5.05. The van der Waals surface area contributed by atoms with E-state index in [-0.39, 0.29) is 6.04 Å². The maximum absolute atomic E-state index is 5.63. The Morgan fingerprint density at radius 3 is 2.54 bits per heavy atom. The third-order valence-corrected chi connectivity index (χ3v) is 5.27. The largest absolute Gasteiger partial charge is 0.370 e. The molecule has 5 heteroatoms. The Balaban J connectivity index is 1.70. The summed E-state index contributed by atoms with van der Waals surface area (Å²) < 4.78 is 5.49. The number of hydrogen-bond donors (Lipinski definition) is 3. The summed E-state index contributed by atoms with van der Waals surface area (Å²) in [5.41, 5.74) is 4.81. The number of anilines is 1. The predicted octanol–water partition coefficient (Wildman–Crippen LogP) is 2.25. The molecule has 1 aliphatic rings. The second kappa shape index (κ2) is 9.12. The van der Waals surface area contributed by atoms with Crippen molar-refractivity contribution in [3.8, 4) is 0 Å². The van der Waals surface area contributed by atoms with Crippen molar-refractivity contribution < 1.29 is 9.64 Å². The maximum Gasteiger partial charge on any atom is 0.171 e. The molecule has 2 aromatic carbocycles. The van der Waals surface area contributed by atoms with Crippen LogP contribution in [-0.4, -0.2) is 38.0 Å². The molecule has 3 N–H and O–H groups in total. The second-order valence-corrected chi connectivity index (χ2v) is 7.28. The van der Waals surface area contributed by atoms with E-state index in [1.807, 2.05) is 0 Å². The highest BCUT2D eigenvalue weighted by Gasteiger charge is 2.22. The van der Waals surface area contributed by atoms with E-state index in [1.165, 1.54) is 16.7 Å². The first-order valence-corrected chi connectivity index (χ1v) is 9.64. The number of benzene rings is 2. The van der Waals surface area contributed by atoms with Gasteiger partial charge in [0.2, 0.25) is 0 Å². The van der Waals surface area contributed by atoms with Crippen LogP contribution in [0.1, 0.15) is 22.7 Å². The number of hydrogen-bond acceptors (Lipinski definition) is 2. The minimum Gasteiger partial charge on any atom is -0.370 e. The summed E-state index contributed by atoms with van der Waals surface area (Å²) in [5.74, 6) is 0. The van der Waals surface area contributed by atoms with E-state index in [0.717, 1.165) is 38.5 Å². The molecule has 0 aliphatic carbocycles. The molecule has 2 aromatic rings. The molecule has 1 fully saturated rings. The minimum atomic E-state index is 0.175. The van der Waals surface area contributed by atoms with Crippen LogP contribution in [0.15, 0.2) is 48.5 Å². The van der Waals surface area contributed by atoms with E-state index in [1.54, 1.807) is 4.90 Å². The average molecular weight is 371 g/mol. The van der Waals surface area contributed by atoms with E-state index in [9.17, 15) is 0 Å². The molecule has 1 heterocycles. The Morgan fingerprint density at radius 1 is 1.08 bits per heavy atom. The van der Waals surface area contributed by atoms with Gasteiger partial charge in [0.25, 0.3) is 0 Å². The molecule has 0 aromatic heterocycles. The summed E-state index contributed by atoms with van der Waals surface area (Å²) in [4.78, 5) is 1.55. The Kier molecular flexibility index (Phi) is 6.61. The molecule has 138 valence electrons. The van der Waals surface area contributed by atoms with Gasteiger partial charge in [0.05, 0.1) is 13.2 Å². The summed E-state index contributed by atoms with van der Waals surface area (Å²) in [5, 5.41) is 7.58. The summed E-state index contributed by atoms with van der Waals surface area (Å²) in [7, 11) is 0. The maximum atomic E-state index is 5.63. The fourth-order valence-electron chi connectivity index (χ4n) is 3.29. The van der Waals surface area contributed by atoms with Crippen molar-refractivity contribution in [2.75, 3.05) is 38.2 Å². The smallest absolute Gasteiger partial charge is 0.171 e. The first-order chi connectivity index (χ1) is 12.6. The molecule has 1 atom stereocenters. The van der Waals surface area contributed by atoms with Gasteiger partial charge in [-0.25, -0.2) is 0 Å². The SMILES string of the molecule is Cc1cccc(NC(=S)N[C@H](C[NH+]2CCOCC2)c2ccccc2)c1C. The Hall–Kier alpha value is -1.95. The van der Waals surface area contributed by atoms with E-state index < -0.39 is 0 Å². The van der Waals surface area contributed by atoms with Crippen molar-refractivity contribution in [1.29, 1.82) is 0 Å². The zero-order chi connectivity index (χ0) is 18.4. The molecule has 0 amide bonds. The van der Waals surface area contributed by atoms with Crippen LogP contribution in [-0.2, 0) is 4.74 Å². The van der Waals surface area contributed by atoms with Crippen molar-refractivity contribution in [2.24, 2.45) is 0 Å². The van der Waals surface area contributed by atoms with Gasteiger partial charge in [0.1, 0.15) is 25.7 Å². The van der Waals surface area contributed by atoms with Gasteiger partial charge in [0.15, 0.2) is 5.11 Å². The van der Waals surface area contributed by atoms with Crippen LogP contribution in [0.3, 0.4) is 0 Å². The fraction of sp³-hybridized carbons (Fsp3) is 0.381. The Bertz CT molecular complexity index is 729. The quantitative estimate of drug-likeness (QED) is 0.706. The molecule has 0 spiro atoms. The lowest BCUT2D eigenvalue weighted by atomic mass is 10.1. The van der Waals surface area contributed by atoms with Crippen molar-refractivity contribution in [3.05, 3.63) is 65.2 Å². The Labute approximate surface area is 161 Å².